The van der Waals surface area contributed by atoms with Gasteiger partial charge in [-0.25, -0.2) is 9.59 Å². The zero-order valence-corrected chi connectivity index (χ0v) is 11.4. The quantitative estimate of drug-likeness (QED) is 0.739. The van der Waals surface area contributed by atoms with Gasteiger partial charge in [0.2, 0.25) is 0 Å². The highest BCUT2D eigenvalue weighted by Crippen LogP contribution is 2.25. The molecule has 0 bridgehead atoms. The highest BCUT2D eigenvalue weighted by Gasteiger charge is 2.41. The Morgan fingerprint density at radius 2 is 2.00 bits per heavy atom. The zero-order chi connectivity index (χ0) is 13.9. The Labute approximate surface area is 107 Å². The summed E-state index contributed by atoms with van der Waals surface area (Å²) in [6.07, 6.45) is 0.0384. The minimum atomic E-state index is -0.585. The lowest BCUT2D eigenvalue weighted by Gasteiger charge is -2.27. The van der Waals surface area contributed by atoms with Gasteiger partial charge in [-0.15, -0.1) is 0 Å². The van der Waals surface area contributed by atoms with Crippen LogP contribution < -0.4 is 5.73 Å². The molecule has 6 heteroatoms. The molecule has 1 unspecified atom stereocenters. The van der Waals surface area contributed by atoms with Crippen LogP contribution in [0.25, 0.3) is 0 Å². The van der Waals surface area contributed by atoms with Crippen LogP contribution in [0.1, 0.15) is 27.2 Å². The van der Waals surface area contributed by atoms with Crippen LogP contribution in [0.4, 0.5) is 4.79 Å². The summed E-state index contributed by atoms with van der Waals surface area (Å²) < 4.78 is 9.99. The molecule has 1 rings (SSSR count). The van der Waals surface area contributed by atoms with Crippen molar-refractivity contribution in [2.75, 3.05) is 20.2 Å². The summed E-state index contributed by atoms with van der Waals surface area (Å²) in [5, 5.41) is 0. The van der Waals surface area contributed by atoms with Crippen LogP contribution in [0, 0.1) is 5.92 Å². The smallest absolute Gasteiger partial charge is 0.411 e. The average molecular weight is 258 g/mol. The molecule has 0 spiro atoms. The van der Waals surface area contributed by atoms with Crippen LogP contribution >= 0.6 is 0 Å². The third kappa shape index (κ3) is 3.60. The highest BCUT2D eigenvalue weighted by molar-refractivity contribution is 5.82. The first-order valence-electron chi connectivity index (χ1n) is 6.06. The van der Waals surface area contributed by atoms with Gasteiger partial charge in [0.15, 0.2) is 0 Å². The normalized spacial score (nSPS) is 23.9. The minimum absolute atomic E-state index is 0.113. The first-order chi connectivity index (χ1) is 8.28. The molecule has 2 N–H and O–H groups in total. The standard InChI is InChI=1S/C12H22N2O4/c1-12(2,3)18-11(16)14-7-8(6-13)5-9(14)10(15)17-4/h8-9H,5-7,13H2,1-4H3/t8-,9?/m0/s1. The SMILES string of the molecule is COC(=O)C1C[C@@H](CN)CN1C(=O)OC(C)(C)C. The molecule has 1 fully saturated rings. The van der Waals surface area contributed by atoms with Crippen molar-refractivity contribution < 1.29 is 19.1 Å². The number of carbonyl (C=O) groups is 2. The fraction of sp³-hybridized carbons (Fsp3) is 0.833. The molecule has 18 heavy (non-hydrogen) atoms. The van der Waals surface area contributed by atoms with Gasteiger partial charge in [-0.05, 0) is 39.7 Å². The van der Waals surface area contributed by atoms with Gasteiger partial charge in [0.1, 0.15) is 11.6 Å². The Balaban J connectivity index is 2.77. The number of likely N-dealkylation sites (tertiary alicyclic amines) is 1. The maximum atomic E-state index is 12.0. The molecule has 0 saturated carbocycles. The summed E-state index contributed by atoms with van der Waals surface area (Å²) in [6.45, 7) is 6.23. The van der Waals surface area contributed by atoms with Gasteiger partial charge in [0.25, 0.3) is 0 Å². The van der Waals surface area contributed by atoms with E-state index in [0.29, 0.717) is 19.5 Å². The summed E-state index contributed by atoms with van der Waals surface area (Å²) in [5.74, 6) is -0.307. The van der Waals surface area contributed by atoms with E-state index in [2.05, 4.69) is 0 Å². The number of hydrogen-bond acceptors (Lipinski definition) is 5. The number of amides is 1. The molecule has 104 valence electrons. The third-order valence-corrected chi connectivity index (χ3v) is 2.82. The van der Waals surface area contributed by atoms with Gasteiger partial charge in [-0.1, -0.05) is 0 Å². The fourth-order valence-corrected chi connectivity index (χ4v) is 1.98. The van der Waals surface area contributed by atoms with Crippen molar-refractivity contribution in [3.05, 3.63) is 0 Å². The highest BCUT2D eigenvalue weighted by atomic mass is 16.6. The molecule has 1 aliphatic heterocycles. The maximum Gasteiger partial charge on any atom is 0.411 e. The number of esters is 1. The molecule has 0 aromatic rings. The van der Waals surface area contributed by atoms with E-state index in [-0.39, 0.29) is 5.92 Å². The second-order valence-corrected chi connectivity index (χ2v) is 5.51. The van der Waals surface area contributed by atoms with E-state index in [9.17, 15) is 9.59 Å². The third-order valence-electron chi connectivity index (χ3n) is 2.82. The van der Waals surface area contributed by atoms with Crippen molar-refractivity contribution in [3.63, 3.8) is 0 Å². The minimum Gasteiger partial charge on any atom is -0.467 e. The molecular weight excluding hydrogens is 236 g/mol. The first kappa shape index (κ1) is 14.8. The number of ether oxygens (including phenoxy) is 2. The molecule has 1 heterocycles. The van der Waals surface area contributed by atoms with E-state index in [4.69, 9.17) is 15.2 Å². The predicted molar refractivity (Wildman–Crippen MR) is 65.9 cm³/mol. The number of nitrogens with two attached hydrogens (primary N) is 1. The number of nitrogens with zero attached hydrogens (tertiary/aromatic N) is 1. The maximum absolute atomic E-state index is 12.0. The van der Waals surface area contributed by atoms with Gasteiger partial charge in [0, 0.05) is 6.54 Å². The summed E-state index contributed by atoms with van der Waals surface area (Å²) in [4.78, 5) is 25.1. The molecule has 0 aromatic heterocycles. The first-order valence-corrected chi connectivity index (χ1v) is 6.06. The van der Waals surface area contributed by atoms with E-state index in [0.717, 1.165) is 0 Å². The number of rotatable bonds is 2. The Morgan fingerprint density at radius 1 is 1.39 bits per heavy atom. The van der Waals surface area contributed by atoms with Crippen molar-refractivity contribution in [3.8, 4) is 0 Å². The van der Waals surface area contributed by atoms with Crippen LogP contribution in [0.5, 0.6) is 0 Å². The van der Waals surface area contributed by atoms with Gasteiger partial charge in [-0.3, -0.25) is 4.90 Å². The Bertz CT molecular complexity index is 325. The lowest BCUT2D eigenvalue weighted by Crippen LogP contribution is -2.43. The van der Waals surface area contributed by atoms with Crippen LogP contribution in [0.2, 0.25) is 0 Å². The second kappa shape index (κ2) is 5.56. The van der Waals surface area contributed by atoms with Crippen molar-refractivity contribution in [1.29, 1.82) is 0 Å². The van der Waals surface area contributed by atoms with Crippen molar-refractivity contribution in [2.24, 2.45) is 11.7 Å². The molecule has 6 nitrogen and oxygen atoms in total. The van der Waals surface area contributed by atoms with Crippen molar-refractivity contribution >= 4 is 12.1 Å². The van der Waals surface area contributed by atoms with E-state index in [1.807, 2.05) is 0 Å². The molecular formula is C12H22N2O4. The lowest BCUT2D eigenvalue weighted by atomic mass is 10.1. The van der Waals surface area contributed by atoms with E-state index >= 15 is 0 Å². The van der Waals surface area contributed by atoms with Gasteiger partial charge in [0.05, 0.1) is 7.11 Å². The van der Waals surface area contributed by atoms with Gasteiger partial charge in [-0.2, -0.15) is 0 Å². The van der Waals surface area contributed by atoms with E-state index in [1.165, 1.54) is 12.0 Å². The van der Waals surface area contributed by atoms with Gasteiger partial charge >= 0.3 is 12.1 Å². The molecule has 1 saturated heterocycles. The Morgan fingerprint density at radius 3 is 2.44 bits per heavy atom. The predicted octanol–water partition coefficient (Wildman–Crippen LogP) is 0.744. The van der Waals surface area contributed by atoms with Crippen LogP contribution in [0.3, 0.4) is 0 Å². The summed E-state index contributed by atoms with van der Waals surface area (Å²) in [5.41, 5.74) is 5.01. The Kier molecular flexibility index (Phi) is 4.56. The monoisotopic (exact) mass is 258 g/mol. The molecule has 1 amide bonds. The second-order valence-electron chi connectivity index (χ2n) is 5.51. The molecule has 0 radical (unpaired) electrons. The van der Waals surface area contributed by atoms with Gasteiger partial charge < -0.3 is 15.2 Å². The topological polar surface area (TPSA) is 81.9 Å². The zero-order valence-electron chi connectivity index (χ0n) is 11.4. The lowest BCUT2D eigenvalue weighted by molar-refractivity contribution is -0.145. The number of hydrogen-bond donors (Lipinski definition) is 1. The molecule has 0 aliphatic carbocycles. The van der Waals surface area contributed by atoms with Crippen molar-refractivity contribution in [1.82, 2.24) is 4.90 Å². The molecule has 1 aliphatic rings. The molecule has 2 atom stereocenters. The summed E-state index contributed by atoms with van der Waals surface area (Å²) in [6, 6.07) is -0.585. The van der Waals surface area contributed by atoms with E-state index < -0.39 is 23.7 Å². The van der Waals surface area contributed by atoms with Crippen LogP contribution in [0.15, 0.2) is 0 Å². The average Bonchev–Trinajstić information content (AvgIpc) is 2.69. The Hall–Kier alpha value is -1.30. The largest absolute Gasteiger partial charge is 0.467 e. The summed E-state index contributed by atoms with van der Waals surface area (Å²) >= 11 is 0. The van der Waals surface area contributed by atoms with Crippen LogP contribution in [-0.2, 0) is 14.3 Å². The fourth-order valence-electron chi connectivity index (χ4n) is 1.98. The molecule has 0 aromatic carbocycles. The van der Waals surface area contributed by atoms with Crippen molar-refractivity contribution in [2.45, 2.75) is 38.8 Å². The number of methoxy groups -OCH3 is 1. The summed E-state index contributed by atoms with van der Waals surface area (Å²) in [7, 11) is 1.31. The van der Waals surface area contributed by atoms with E-state index in [1.54, 1.807) is 20.8 Å². The van der Waals surface area contributed by atoms with Crippen LogP contribution in [-0.4, -0.2) is 48.8 Å². The number of carbonyl (C=O) groups excluding carboxylic acids is 2.